The van der Waals surface area contributed by atoms with Crippen molar-refractivity contribution >= 4 is 0 Å². The van der Waals surface area contributed by atoms with Crippen LogP contribution in [0, 0.1) is 6.92 Å². The molecule has 2 heteroatoms. The highest BCUT2D eigenvalue weighted by atomic mass is 16.7. The van der Waals surface area contributed by atoms with E-state index in [-0.39, 0.29) is 6.29 Å². The zero-order valence-corrected chi connectivity index (χ0v) is 6.93. The summed E-state index contributed by atoms with van der Waals surface area (Å²) in [5.41, 5.74) is 0. The molecule has 0 aromatic carbocycles. The number of hydrogen-bond acceptors (Lipinski definition) is 2. The highest BCUT2D eigenvalue weighted by Gasteiger charge is 2.04. The van der Waals surface area contributed by atoms with Gasteiger partial charge in [-0.1, -0.05) is 6.92 Å². The molecule has 2 nitrogen and oxygen atoms in total. The first kappa shape index (κ1) is 9.92. The third-order valence-electron chi connectivity index (χ3n) is 1.14. The Labute approximate surface area is 63.5 Å². The second-order valence-electron chi connectivity index (χ2n) is 1.98. The fourth-order valence-electron chi connectivity index (χ4n) is 0.753. The van der Waals surface area contributed by atoms with E-state index >= 15 is 0 Å². The van der Waals surface area contributed by atoms with Crippen molar-refractivity contribution in [1.82, 2.24) is 0 Å². The lowest BCUT2D eigenvalue weighted by Gasteiger charge is -2.15. The van der Waals surface area contributed by atoms with Crippen LogP contribution < -0.4 is 0 Å². The van der Waals surface area contributed by atoms with E-state index in [1.54, 1.807) is 0 Å². The highest BCUT2D eigenvalue weighted by Crippen LogP contribution is 2.02. The van der Waals surface area contributed by atoms with Gasteiger partial charge in [0.15, 0.2) is 6.29 Å². The number of rotatable bonds is 6. The molecule has 0 heterocycles. The smallest absolute Gasteiger partial charge is 0.157 e. The van der Waals surface area contributed by atoms with Gasteiger partial charge in [-0.2, -0.15) is 0 Å². The van der Waals surface area contributed by atoms with Crippen LogP contribution in [0.2, 0.25) is 0 Å². The van der Waals surface area contributed by atoms with E-state index in [1.807, 2.05) is 13.8 Å². The first-order valence-corrected chi connectivity index (χ1v) is 3.87. The van der Waals surface area contributed by atoms with E-state index in [4.69, 9.17) is 9.47 Å². The van der Waals surface area contributed by atoms with Gasteiger partial charge in [0, 0.05) is 13.2 Å². The molecule has 1 radical (unpaired) electrons. The van der Waals surface area contributed by atoms with Crippen molar-refractivity contribution in [3.63, 3.8) is 0 Å². The van der Waals surface area contributed by atoms with Crippen molar-refractivity contribution in [3.8, 4) is 0 Å². The van der Waals surface area contributed by atoms with Crippen molar-refractivity contribution < 1.29 is 9.47 Å². The molecule has 0 saturated heterocycles. The van der Waals surface area contributed by atoms with Gasteiger partial charge in [-0.15, -0.1) is 0 Å². The van der Waals surface area contributed by atoms with Gasteiger partial charge >= 0.3 is 0 Å². The van der Waals surface area contributed by atoms with E-state index in [0.717, 1.165) is 12.8 Å². The normalized spacial score (nSPS) is 10.8. The molecule has 0 aliphatic rings. The maximum atomic E-state index is 5.26. The third kappa shape index (κ3) is 4.77. The maximum Gasteiger partial charge on any atom is 0.157 e. The minimum atomic E-state index is -0.0347. The quantitative estimate of drug-likeness (QED) is 0.532. The van der Waals surface area contributed by atoms with Gasteiger partial charge < -0.3 is 9.47 Å². The van der Waals surface area contributed by atoms with Crippen molar-refractivity contribution in [2.45, 2.75) is 33.0 Å². The monoisotopic (exact) mass is 145 g/mol. The molecule has 0 unspecified atom stereocenters. The van der Waals surface area contributed by atoms with E-state index < -0.39 is 0 Å². The molecule has 0 aliphatic carbocycles. The molecular formula is C8H17O2. The fraction of sp³-hybridized carbons (Fsp3) is 0.875. The Bertz CT molecular complexity index is 50.0. The lowest BCUT2D eigenvalue weighted by molar-refractivity contribution is -0.138. The van der Waals surface area contributed by atoms with Crippen LogP contribution in [0.5, 0.6) is 0 Å². The van der Waals surface area contributed by atoms with Gasteiger partial charge in [0.1, 0.15) is 0 Å². The summed E-state index contributed by atoms with van der Waals surface area (Å²) in [7, 11) is 0. The lowest BCUT2D eigenvalue weighted by atomic mass is 10.3. The first-order valence-electron chi connectivity index (χ1n) is 3.87. The Hall–Kier alpha value is -0.0800. The molecule has 0 spiro atoms. The highest BCUT2D eigenvalue weighted by molar-refractivity contribution is 4.46. The molecule has 0 rings (SSSR count). The van der Waals surface area contributed by atoms with Crippen LogP contribution in [-0.2, 0) is 9.47 Å². The summed E-state index contributed by atoms with van der Waals surface area (Å²) in [5.74, 6) is 0. The minimum absolute atomic E-state index is 0.0347. The van der Waals surface area contributed by atoms with Crippen molar-refractivity contribution in [2.24, 2.45) is 0 Å². The molecule has 0 atom stereocenters. The lowest BCUT2D eigenvalue weighted by Crippen LogP contribution is -2.16. The van der Waals surface area contributed by atoms with Crippen LogP contribution in [0.1, 0.15) is 26.7 Å². The fourth-order valence-corrected chi connectivity index (χ4v) is 0.753. The van der Waals surface area contributed by atoms with Crippen LogP contribution in [0.3, 0.4) is 0 Å². The summed E-state index contributed by atoms with van der Waals surface area (Å²) >= 11 is 0. The van der Waals surface area contributed by atoms with Crippen LogP contribution in [0.15, 0.2) is 0 Å². The second kappa shape index (κ2) is 7.03. The summed E-state index contributed by atoms with van der Waals surface area (Å²) in [5, 5.41) is 0. The molecule has 10 heavy (non-hydrogen) atoms. The average molecular weight is 145 g/mol. The van der Waals surface area contributed by atoms with Crippen molar-refractivity contribution in [1.29, 1.82) is 0 Å². The molecule has 0 bridgehead atoms. The number of hydrogen-bond donors (Lipinski definition) is 0. The maximum absolute atomic E-state index is 5.26. The van der Waals surface area contributed by atoms with E-state index in [2.05, 4.69) is 6.92 Å². The molecule has 0 aromatic heterocycles. The molecule has 0 N–H and O–H groups in total. The van der Waals surface area contributed by atoms with E-state index in [1.165, 1.54) is 0 Å². The summed E-state index contributed by atoms with van der Waals surface area (Å²) < 4.78 is 10.5. The van der Waals surface area contributed by atoms with Crippen LogP contribution in [-0.4, -0.2) is 19.5 Å². The predicted molar refractivity (Wildman–Crippen MR) is 41.6 cm³/mol. The van der Waals surface area contributed by atoms with Crippen molar-refractivity contribution in [2.75, 3.05) is 13.2 Å². The van der Waals surface area contributed by atoms with E-state index in [0.29, 0.717) is 13.2 Å². The molecule has 0 aliphatic heterocycles. The minimum Gasteiger partial charge on any atom is -0.353 e. The van der Waals surface area contributed by atoms with Crippen LogP contribution in [0.25, 0.3) is 0 Å². The van der Waals surface area contributed by atoms with Gasteiger partial charge in [0.05, 0.1) is 0 Å². The van der Waals surface area contributed by atoms with E-state index in [9.17, 15) is 0 Å². The third-order valence-corrected chi connectivity index (χ3v) is 1.14. The summed E-state index contributed by atoms with van der Waals surface area (Å²) in [4.78, 5) is 0. The Kier molecular flexibility index (Phi) is 6.98. The topological polar surface area (TPSA) is 18.5 Å². The van der Waals surface area contributed by atoms with Gasteiger partial charge in [0.25, 0.3) is 0 Å². The molecule has 0 aromatic rings. The Balaban J connectivity index is 3.30. The Morgan fingerprint density at radius 1 is 1.20 bits per heavy atom. The second-order valence-corrected chi connectivity index (χ2v) is 1.98. The molecule has 61 valence electrons. The summed E-state index contributed by atoms with van der Waals surface area (Å²) in [6.45, 7) is 9.09. The Morgan fingerprint density at radius 2 is 1.70 bits per heavy atom. The van der Waals surface area contributed by atoms with Crippen molar-refractivity contribution in [3.05, 3.63) is 6.92 Å². The Morgan fingerprint density at radius 3 is 2.00 bits per heavy atom. The number of ether oxygens (including phenoxy) is 2. The molecule has 0 fully saturated rings. The van der Waals surface area contributed by atoms with Crippen LogP contribution >= 0.6 is 0 Å². The zero-order valence-electron chi connectivity index (χ0n) is 6.93. The van der Waals surface area contributed by atoms with Gasteiger partial charge in [-0.25, -0.2) is 0 Å². The van der Waals surface area contributed by atoms with Crippen LogP contribution in [0.4, 0.5) is 0 Å². The predicted octanol–water partition coefficient (Wildman–Crippen LogP) is 2.00. The summed E-state index contributed by atoms with van der Waals surface area (Å²) in [6.07, 6.45) is 1.72. The zero-order chi connectivity index (χ0) is 7.82. The standard InChI is InChI=1S/C8H17O2/c1-4-7-8(9-5-2)10-6-3/h8H,1,4-7H2,2-3H3. The van der Waals surface area contributed by atoms with Gasteiger partial charge in [0.2, 0.25) is 0 Å². The summed E-state index contributed by atoms with van der Waals surface area (Å²) in [6, 6.07) is 0. The molecule has 0 amide bonds. The first-order chi connectivity index (χ1) is 4.85. The van der Waals surface area contributed by atoms with Gasteiger partial charge in [-0.05, 0) is 26.7 Å². The van der Waals surface area contributed by atoms with Gasteiger partial charge in [-0.3, -0.25) is 0 Å². The molecular weight excluding hydrogens is 128 g/mol. The SMILES string of the molecule is [CH2]CCC(OCC)OCC. The average Bonchev–Trinajstić information content (AvgIpc) is 1.90. The molecule has 0 saturated carbocycles. The largest absolute Gasteiger partial charge is 0.353 e.